The van der Waals surface area contributed by atoms with Crippen LogP contribution in [0.4, 0.5) is 0 Å². The van der Waals surface area contributed by atoms with Gasteiger partial charge in [0.05, 0.1) is 6.61 Å². The number of nitrogens with one attached hydrogen (secondary N) is 1. The molecule has 5 heteroatoms. The van der Waals surface area contributed by atoms with E-state index in [0.717, 1.165) is 36.2 Å². The summed E-state index contributed by atoms with van der Waals surface area (Å²) in [7, 11) is 0. The molecular formula is C19H18ClNO3. The summed E-state index contributed by atoms with van der Waals surface area (Å²) in [5.74, 6) is 0.823. The van der Waals surface area contributed by atoms with E-state index in [1.165, 1.54) is 6.07 Å². The molecule has 0 aliphatic heterocycles. The Morgan fingerprint density at radius 1 is 1.04 bits per heavy atom. The van der Waals surface area contributed by atoms with Crippen molar-refractivity contribution in [3.8, 4) is 5.75 Å². The monoisotopic (exact) mass is 343 g/mol. The van der Waals surface area contributed by atoms with Crippen LogP contribution in [0.2, 0.25) is 5.02 Å². The first-order chi connectivity index (χ1) is 11.7. The van der Waals surface area contributed by atoms with Crippen LogP contribution in [0.1, 0.15) is 12.0 Å². The van der Waals surface area contributed by atoms with Gasteiger partial charge < -0.3 is 14.5 Å². The molecule has 2 aromatic carbocycles. The molecule has 0 aliphatic rings. The van der Waals surface area contributed by atoms with Crippen molar-refractivity contribution in [1.82, 2.24) is 5.32 Å². The van der Waals surface area contributed by atoms with Gasteiger partial charge in [0.25, 0.3) is 0 Å². The molecule has 124 valence electrons. The third-order valence-electron chi connectivity index (χ3n) is 3.60. The van der Waals surface area contributed by atoms with E-state index >= 15 is 0 Å². The lowest BCUT2D eigenvalue weighted by Gasteiger charge is -2.08. The summed E-state index contributed by atoms with van der Waals surface area (Å²) in [5.41, 5.74) is 1.37. The Morgan fingerprint density at radius 2 is 1.83 bits per heavy atom. The molecule has 3 aromatic rings. The van der Waals surface area contributed by atoms with Crippen LogP contribution < -0.4 is 15.7 Å². The minimum atomic E-state index is -0.327. The van der Waals surface area contributed by atoms with Crippen molar-refractivity contribution in [3.63, 3.8) is 0 Å². The van der Waals surface area contributed by atoms with E-state index in [1.54, 1.807) is 6.07 Å². The van der Waals surface area contributed by atoms with Crippen LogP contribution in [0.5, 0.6) is 5.75 Å². The molecule has 0 saturated heterocycles. The molecule has 0 unspecified atom stereocenters. The molecule has 0 aliphatic carbocycles. The molecule has 0 amide bonds. The summed E-state index contributed by atoms with van der Waals surface area (Å²) in [6, 6.07) is 16.4. The van der Waals surface area contributed by atoms with E-state index in [0.29, 0.717) is 17.2 Å². The van der Waals surface area contributed by atoms with Gasteiger partial charge in [0.2, 0.25) is 0 Å². The molecule has 0 atom stereocenters. The normalized spacial score (nSPS) is 10.9. The number of rotatable bonds is 7. The van der Waals surface area contributed by atoms with Crippen LogP contribution in [0, 0.1) is 0 Å². The van der Waals surface area contributed by atoms with Crippen molar-refractivity contribution in [1.29, 1.82) is 0 Å². The lowest BCUT2D eigenvalue weighted by atomic mass is 10.1. The Hall–Kier alpha value is -2.30. The average molecular weight is 344 g/mol. The second-order valence-corrected chi connectivity index (χ2v) is 5.90. The second-order valence-electron chi connectivity index (χ2n) is 5.46. The molecule has 0 fully saturated rings. The number of hydrogen-bond donors (Lipinski definition) is 1. The number of benzene rings is 2. The summed E-state index contributed by atoms with van der Waals surface area (Å²) >= 11 is 5.83. The van der Waals surface area contributed by atoms with Gasteiger partial charge >= 0.3 is 5.63 Å². The standard InChI is InChI=1S/C19H18ClNO3/c20-16-5-7-17(8-6-16)23-11-1-10-21-13-14-2-3-15-4-9-19(22)24-18(15)12-14/h2-9,12,21H,1,10-11,13H2. The molecule has 3 rings (SSSR count). The largest absolute Gasteiger partial charge is 0.494 e. The van der Waals surface area contributed by atoms with E-state index in [4.69, 9.17) is 20.8 Å². The fraction of sp³-hybridized carbons (Fsp3) is 0.211. The number of ether oxygens (including phenoxy) is 1. The Kier molecular flexibility index (Phi) is 5.51. The maximum absolute atomic E-state index is 11.3. The molecule has 24 heavy (non-hydrogen) atoms. The minimum absolute atomic E-state index is 0.327. The summed E-state index contributed by atoms with van der Waals surface area (Å²) in [4.78, 5) is 11.3. The molecule has 1 N–H and O–H groups in total. The van der Waals surface area contributed by atoms with Crippen molar-refractivity contribution >= 4 is 22.6 Å². The number of halogens is 1. The van der Waals surface area contributed by atoms with Crippen LogP contribution in [-0.4, -0.2) is 13.2 Å². The summed E-state index contributed by atoms with van der Waals surface area (Å²) in [6.07, 6.45) is 0.894. The van der Waals surface area contributed by atoms with Crippen LogP contribution in [-0.2, 0) is 6.54 Å². The van der Waals surface area contributed by atoms with Gasteiger partial charge in [0.15, 0.2) is 0 Å². The summed E-state index contributed by atoms with van der Waals surface area (Å²) in [6.45, 7) is 2.20. The summed E-state index contributed by atoms with van der Waals surface area (Å²) < 4.78 is 10.8. The van der Waals surface area contributed by atoms with E-state index in [-0.39, 0.29) is 5.63 Å². The molecule has 0 bridgehead atoms. The molecule has 1 heterocycles. The van der Waals surface area contributed by atoms with Gasteiger partial charge in [-0.25, -0.2) is 4.79 Å². The van der Waals surface area contributed by atoms with Gasteiger partial charge in [-0.1, -0.05) is 23.7 Å². The highest BCUT2D eigenvalue weighted by Crippen LogP contribution is 2.16. The maximum Gasteiger partial charge on any atom is 0.336 e. The van der Waals surface area contributed by atoms with Crippen molar-refractivity contribution in [2.75, 3.05) is 13.2 Å². The topological polar surface area (TPSA) is 51.5 Å². The van der Waals surface area contributed by atoms with E-state index in [9.17, 15) is 4.79 Å². The highest BCUT2D eigenvalue weighted by Gasteiger charge is 2.00. The first-order valence-electron chi connectivity index (χ1n) is 7.82. The van der Waals surface area contributed by atoms with Crippen molar-refractivity contribution in [2.45, 2.75) is 13.0 Å². The van der Waals surface area contributed by atoms with Gasteiger partial charge in [0.1, 0.15) is 11.3 Å². The Morgan fingerprint density at radius 3 is 2.67 bits per heavy atom. The fourth-order valence-corrected chi connectivity index (χ4v) is 2.49. The molecule has 0 saturated carbocycles. The molecule has 0 spiro atoms. The van der Waals surface area contributed by atoms with Gasteiger partial charge in [-0.2, -0.15) is 0 Å². The molecule has 1 aromatic heterocycles. The first-order valence-corrected chi connectivity index (χ1v) is 8.20. The van der Waals surface area contributed by atoms with E-state index < -0.39 is 0 Å². The maximum atomic E-state index is 11.3. The van der Waals surface area contributed by atoms with Crippen molar-refractivity contribution < 1.29 is 9.15 Å². The zero-order valence-corrected chi connectivity index (χ0v) is 13.9. The Balaban J connectivity index is 1.41. The average Bonchev–Trinajstić information content (AvgIpc) is 2.59. The molecule has 4 nitrogen and oxygen atoms in total. The number of hydrogen-bond acceptors (Lipinski definition) is 4. The van der Waals surface area contributed by atoms with Crippen molar-refractivity contribution in [3.05, 3.63) is 75.6 Å². The Labute approximate surface area is 145 Å². The third kappa shape index (κ3) is 4.60. The highest BCUT2D eigenvalue weighted by atomic mass is 35.5. The second kappa shape index (κ2) is 7.99. The zero-order valence-electron chi connectivity index (χ0n) is 13.1. The van der Waals surface area contributed by atoms with E-state index in [1.807, 2.05) is 42.5 Å². The van der Waals surface area contributed by atoms with Crippen LogP contribution in [0.3, 0.4) is 0 Å². The third-order valence-corrected chi connectivity index (χ3v) is 3.85. The van der Waals surface area contributed by atoms with Crippen LogP contribution >= 0.6 is 11.6 Å². The zero-order chi connectivity index (χ0) is 16.8. The van der Waals surface area contributed by atoms with Crippen LogP contribution in [0.15, 0.2) is 63.8 Å². The van der Waals surface area contributed by atoms with Gasteiger partial charge in [-0.05, 0) is 54.9 Å². The predicted molar refractivity (Wildman–Crippen MR) is 95.8 cm³/mol. The fourth-order valence-electron chi connectivity index (χ4n) is 2.37. The SMILES string of the molecule is O=c1ccc2ccc(CNCCCOc3ccc(Cl)cc3)cc2o1. The molecular weight excluding hydrogens is 326 g/mol. The van der Waals surface area contributed by atoms with Crippen molar-refractivity contribution in [2.24, 2.45) is 0 Å². The predicted octanol–water partition coefficient (Wildman–Crippen LogP) is 4.01. The van der Waals surface area contributed by atoms with Gasteiger partial charge in [-0.3, -0.25) is 0 Å². The smallest absolute Gasteiger partial charge is 0.336 e. The molecule has 0 radical (unpaired) electrons. The first kappa shape index (κ1) is 16.6. The highest BCUT2D eigenvalue weighted by molar-refractivity contribution is 6.30. The quantitative estimate of drug-likeness (QED) is 0.520. The van der Waals surface area contributed by atoms with Crippen LogP contribution in [0.25, 0.3) is 11.0 Å². The van der Waals surface area contributed by atoms with E-state index in [2.05, 4.69) is 5.32 Å². The lowest BCUT2D eigenvalue weighted by molar-refractivity contribution is 0.308. The lowest BCUT2D eigenvalue weighted by Crippen LogP contribution is -2.17. The minimum Gasteiger partial charge on any atom is -0.494 e. The van der Waals surface area contributed by atoms with Gasteiger partial charge in [-0.15, -0.1) is 0 Å². The Bertz CT molecular complexity index is 858. The number of fused-ring (bicyclic) bond motifs is 1. The summed E-state index contributed by atoms with van der Waals surface area (Å²) in [5, 5.41) is 4.99. The van der Waals surface area contributed by atoms with Gasteiger partial charge in [0, 0.05) is 23.0 Å².